The Bertz CT molecular complexity index is 253. The van der Waals surface area contributed by atoms with Crippen molar-refractivity contribution in [2.75, 3.05) is 0 Å². The first kappa shape index (κ1) is 15.5. The fraction of sp³-hybridized carbons (Fsp3) is 0.750. The summed E-state index contributed by atoms with van der Waals surface area (Å²) in [6.07, 6.45) is 5.96. The zero-order valence-electron chi connectivity index (χ0n) is 12.4. The smallest absolute Gasteiger partial charge is 0.0223 e. The summed E-state index contributed by atoms with van der Waals surface area (Å²) in [5.74, 6) is 1.43. The van der Waals surface area contributed by atoms with Gasteiger partial charge >= 0.3 is 0 Å². The molecule has 0 amide bonds. The average molecular weight is 222 g/mol. The Morgan fingerprint density at radius 2 is 1.69 bits per heavy atom. The van der Waals surface area contributed by atoms with Crippen molar-refractivity contribution in [1.29, 1.82) is 0 Å². The third-order valence-electron chi connectivity index (χ3n) is 3.64. The summed E-state index contributed by atoms with van der Waals surface area (Å²) in [6.45, 7) is 16.0. The minimum atomic E-state index is 0.695. The maximum atomic E-state index is 2.39. The van der Waals surface area contributed by atoms with Gasteiger partial charge in [0.25, 0.3) is 0 Å². The fourth-order valence-electron chi connectivity index (χ4n) is 2.43. The molecule has 0 radical (unpaired) electrons. The molecule has 0 aliphatic heterocycles. The lowest BCUT2D eigenvalue weighted by Gasteiger charge is -2.22. The van der Waals surface area contributed by atoms with Crippen molar-refractivity contribution in [1.82, 2.24) is 0 Å². The average Bonchev–Trinajstić information content (AvgIpc) is 2.25. The van der Waals surface area contributed by atoms with E-state index in [1.165, 1.54) is 24.8 Å². The third-order valence-corrected chi connectivity index (χ3v) is 3.64. The number of hydrogen-bond acceptors (Lipinski definition) is 0. The summed E-state index contributed by atoms with van der Waals surface area (Å²) in [5.41, 5.74) is 4.80. The highest BCUT2D eigenvalue weighted by atomic mass is 14.2. The molecule has 16 heavy (non-hydrogen) atoms. The molecule has 0 nitrogen and oxygen atoms in total. The van der Waals surface area contributed by atoms with E-state index in [4.69, 9.17) is 0 Å². The van der Waals surface area contributed by atoms with Crippen LogP contribution in [0.3, 0.4) is 0 Å². The molecule has 94 valence electrons. The quantitative estimate of drug-likeness (QED) is 0.502. The van der Waals surface area contributed by atoms with Gasteiger partial charge in [0.2, 0.25) is 0 Å². The molecule has 0 heteroatoms. The predicted molar refractivity (Wildman–Crippen MR) is 75.7 cm³/mol. The van der Waals surface area contributed by atoms with Gasteiger partial charge in [-0.15, -0.1) is 0 Å². The normalized spacial score (nSPS) is 16.4. The van der Waals surface area contributed by atoms with E-state index in [-0.39, 0.29) is 0 Å². The predicted octanol–water partition coefficient (Wildman–Crippen LogP) is 5.75. The third kappa shape index (κ3) is 5.01. The minimum Gasteiger partial charge on any atom is -0.0887 e. The minimum absolute atomic E-state index is 0.695. The topological polar surface area (TPSA) is 0 Å². The zero-order chi connectivity index (χ0) is 12.7. The SMILES string of the molecule is CC=C(C)CCC(C)C(=C(C)CC)C(C)C. The van der Waals surface area contributed by atoms with E-state index in [2.05, 4.69) is 54.5 Å². The number of allylic oxidation sites excluding steroid dienone is 4. The van der Waals surface area contributed by atoms with Gasteiger partial charge in [0, 0.05) is 0 Å². The Kier molecular flexibility index (Phi) is 7.45. The van der Waals surface area contributed by atoms with E-state index in [9.17, 15) is 0 Å². The van der Waals surface area contributed by atoms with Crippen LogP contribution in [-0.4, -0.2) is 0 Å². The molecule has 1 atom stereocenters. The Labute approximate surface area is 103 Å². The molecular formula is C16H30. The summed E-state index contributed by atoms with van der Waals surface area (Å²) < 4.78 is 0. The van der Waals surface area contributed by atoms with E-state index in [1.807, 2.05) is 0 Å². The van der Waals surface area contributed by atoms with Gasteiger partial charge in [0.15, 0.2) is 0 Å². The molecule has 0 N–H and O–H groups in total. The number of hydrogen-bond donors (Lipinski definition) is 0. The maximum absolute atomic E-state index is 2.39. The standard InChI is InChI=1S/C16H30/c1-8-13(5)10-11-15(7)16(12(3)4)14(6)9-2/h8,12,15H,9-11H2,1-7H3. The Hall–Kier alpha value is -0.520. The first-order chi connectivity index (χ1) is 7.43. The van der Waals surface area contributed by atoms with Crippen LogP contribution in [0, 0.1) is 11.8 Å². The Morgan fingerprint density at radius 1 is 1.12 bits per heavy atom. The van der Waals surface area contributed by atoms with Crippen LogP contribution in [0.2, 0.25) is 0 Å². The molecular weight excluding hydrogens is 192 g/mol. The van der Waals surface area contributed by atoms with Crippen molar-refractivity contribution < 1.29 is 0 Å². The lowest BCUT2D eigenvalue weighted by atomic mass is 9.83. The molecule has 0 aliphatic carbocycles. The Balaban J connectivity index is 4.59. The van der Waals surface area contributed by atoms with Gasteiger partial charge in [0.05, 0.1) is 0 Å². The maximum Gasteiger partial charge on any atom is -0.0223 e. The van der Waals surface area contributed by atoms with Crippen LogP contribution < -0.4 is 0 Å². The zero-order valence-corrected chi connectivity index (χ0v) is 12.4. The van der Waals surface area contributed by atoms with E-state index >= 15 is 0 Å². The van der Waals surface area contributed by atoms with Crippen LogP contribution in [-0.2, 0) is 0 Å². The second-order valence-electron chi connectivity index (χ2n) is 5.32. The largest absolute Gasteiger partial charge is 0.0887 e. The molecule has 0 aromatic rings. The molecule has 0 fully saturated rings. The van der Waals surface area contributed by atoms with Crippen LogP contribution in [0.25, 0.3) is 0 Å². The Morgan fingerprint density at radius 3 is 2.06 bits per heavy atom. The van der Waals surface area contributed by atoms with Crippen LogP contribution in [0.5, 0.6) is 0 Å². The first-order valence-electron chi connectivity index (χ1n) is 6.75. The van der Waals surface area contributed by atoms with Gasteiger partial charge in [-0.05, 0) is 51.9 Å². The number of rotatable bonds is 6. The molecule has 0 aromatic heterocycles. The van der Waals surface area contributed by atoms with Crippen LogP contribution >= 0.6 is 0 Å². The van der Waals surface area contributed by atoms with Crippen molar-refractivity contribution in [2.24, 2.45) is 11.8 Å². The summed E-state index contributed by atoms with van der Waals surface area (Å²) >= 11 is 0. The van der Waals surface area contributed by atoms with Gasteiger partial charge in [-0.1, -0.05) is 50.5 Å². The highest BCUT2D eigenvalue weighted by Gasteiger charge is 2.14. The summed E-state index contributed by atoms with van der Waals surface area (Å²) in [4.78, 5) is 0. The molecule has 1 unspecified atom stereocenters. The molecule has 0 bridgehead atoms. The summed E-state index contributed by atoms with van der Waals surface area (Å²) in [7, 11) is 0. The van der Waals surface area contributed by atoms with E-state index in [0.717, 1.165) is 5.92 Å². The highest BCUT2D eigenvalue weighted by molar-refractivity contribution is 5.17. The van der Waals surface area contributed by atoms with Gasteiger partial charge in [0.1, 0.15) is 0 Å². The van der Waals surface area contributed by atoms with Crippen molar-refractivity contribution in [3.63, 3.8) is 0 Å². The molecule has 0 heterocycles. The highest BCUT2D eigenvalue weighted by Crippen LogP contribution is 2.29. The van der Waals surface area contributed by atoms with Gasteiger partial charge in [-0.25, -0.2) is 0 Å². The molecule has 0 aliphatic rings. The monoisotopic (exact) mass is 222 g/mol. The second kappa shape index (κ2) is 7.70. The molecule has 0 saturated heterocycles. The summed E-state index contributed by atoms with van der Waals surface area (Å²) in [5, 5.41) is 0. The summed E-state index contributed by atoms with van der Waals surface area (Å²) in [6, 6.07) is 0. The van der Waals surface area contributed by atoms with E-state index in [1.54, 1.807) is 11.1 Å². The van der Waals surface area contributed by atoms with Crippen molar-refractivity contribution >= 4 is 0 Å². The molecule has 0 rings (SSSR count). The fourth-order valence-corrected chi connectivity index (χ4v) is 2.43. The van der Waals surface area contributed by atoms with E-state index < -0.39 is 0 Å². The first-order valence-corrected chi connectivity index (χ1v) is 6.75. The van der Waals surface area contributed by atoms with Crippen molar-refractivity contribution in [2.45, 2.75) is 67.7 Å². The van der Waals surface area contributed by atoms with Gasteiger partial charge in [-0.3, -0.25) is 0 Å². The molecule has 0 spiro atoms. The van der Waals surface area contributed by atoms with Crippen LogP contribution in [0.1, 0.15) is 67.7 Å². The second-order valence-corrected chi connectivity index (χ2v) is 5.32. The molecule has 0 saturated carbocycles. The van der Waals surface area contributed by atoms with Crippen molar-refractivity contribution in [3.05, 3.63) is 22.8 Å². The van der Waals surface area contributed by atoms with Gasteiger partial charge in [-0.2, -0.15) is 0 Å². The van der Waals surface area contributed by atoms with Crippen LogP contribution in [0.4, 0.5) is 0 Å². The van der Waals surface area contributed by atoms with Crippen molar-refractivity contribution in [3.8, 4) is 0 Å². The lowest BCUT2D eigenvalue weighted by Crippen LogP contribution is -2.08. The molecule has 0 aromatic carbocycles. The van der Waals surface area contributed by atoms with Crippen LogP contribution in [0.15, 0.2) is 22.8 Å². The van der Waals surface area contributed by atoms with E-state index in [0.29, 0.717) is 5.92 Å². The van der Waals surface area contributed by atoms with Gasteiger partial charge < -0.3 is 0 Å². The lowest BCUT2D eigenvalue weighted by molar-refractivity contribution is 0.533.